The van der Waals surface area contributed by atoms with Crippen molar-refractivity contribution in [1.82, 2.24) is 4.98 Å². The molecule has 0 aliphatic carbocycles. The van der Waals surface area contributed by atoms with Crippen LogP contribution in [0.25, 0.3) is 11.0 Å². The molecule has 2 heterocycles. The number of thiazole rings is 1. The zero-order valence-corrected chi connectivity index (χ0v) is 16.1. The van der Waals surface area contributed by atoms with Crippen LogP contribution in [0.4, 0.5) is 0 Å². The lowest BCUT2D eigenvalue weighted by Gasteiger charge is -2.06. The number of rotatable bonds is 6. The van der Waals surface area contributed by atoms with Crippen molar-refractivity contribution in [2.45, 2.75) is 33.1 Å². The molecule has 1 aromatic carbocycles. The number of hydrogen-bond donors (Lipinski definition) is 0. The first-order valence-corrected chi connectivity index (χ1v) is 9.25. The Morgan fingerprint density at radius 3 is 2.78 bits per heavy atom. The number of ether oxygens (including phenoxy) is 1. The highest BCUT2D eigenvalue weighted by atomic mass is 32.1. The number of furan rings is 1. The second-order valence-corrected chi connectivity index (χ2v) is 7.23. The predicted molar refractivity (Wildman–Crippen MR) is 101 cm³/mol. The lowest BCUT2D eigenvalue weighted by Crippen LogP contribution is -2.20. The van der Waals surface area contributed by atoms with Crippen molar-refractivity contribution in [2.75, 3.05) is 6.61 Å². The summed E-state index contributed by atoms with van der Waals surface area (Å²) < 4.78 is 10.7. The van der Waals surface area contributed by atoms with E-state index in [1.807, 2.05) is 32.0 Å². The molecule has 3 aromatic rings. The van der Waals surface area contributed by atoms with Crippen molar-refractivity contribution in [3.8, 4) is 6.07 Å². The molecule has 0 radical (unpaired) electrons. The molecule has 7 heteroatoms. The van der Waals surface area contributed by atoms with Crippen LogP contribution in [0.3, 0.4) is 0 Å². The number of carbonyl (C=O) groups excluding carboxylic acids is 2. The van der Waals surface area contributed by atoms with Crippen LogP contribution < -0.4 is 0 Å². The minimum Gasteiger partial charge on any atom is -0.464 e. The van der Waals surface area contributed by atoms with Gasteiger partial charge in [-0.25, -0.2) is 4.98 Å². The van der Waals surface area contributed by atoms with Gasteiger partial charge in [-0.1, -0.05) is 12.1 Å². The second kappa shape index (κ2) is 7.72. The minimum absolute atomic E-state index is 0.00361. The van der Waals surface area contributed by atoms with Crippen molar-refractivity contribution in [1.29, 1.82) is 5.26 Å². The van der Waals surface area contributed by atoms with Gasteiger partial charge in [0.05, 0.1) is 18.8 Å². The number of Topliss-reactive ketones (excluding diaryl/α,β-unsaturated/α-hetero) is 1. The van der Waals surface area contributed by atoms with Crippen LogP contribution in [-0.2, 0) is 20.7 Å². The number of fused-ring (bicyclic) bond motifs is 1. The number of hydrogen-bond acceptors (Lipinski definition) is 7. The first-order chi connectivity index (χ1) is 12.9. The summed E-state index contributed by atoms with van der Waals surface area (Å²) in [5.74, 6) is -2.04. The van der Waals surface area contributed by atoms with E-state index in [1.165, 1.54) is 17.6 Å². The molecule has 0 saturated heterocycles. The van der Waals surface area contributed by atoms with E-state index in [0.717, 1.165) is 27.8 Å². The van der Waals surface area contributed by atoms with Crippen LogP contribution in [0.2, 0.25) is 0 Å². The van der Waals surface area contributed by atoms with Gasteiger partial charge in [-0.05, 0) is 31.9 Å². The molecule has 0 saturated carbocycles. The largest absolute Gasteiger partial charge is 0.464 e. The Labute approximate surface area is 160 Å². The summed E-state index contributed by atoms with van der Waals surface area (Å²) in [6.45, 7) is 5.29. The summed E-state index contributed by atoms with van der Waals surface area (Å²) in [4.78, 5) is 28.5. The Bertz CT molecular complexity index is 1060. The highest BCUT2D eigenvalue weighted by Crippen LogP contribution is 2.27. The number of nitrogens with zero attached hydrogens (tertiary/aromatic N) is 2. The summed E-state index contributed by atoms with van der Waals surface area (Å²) >= 11 is 1.25. The number of benzene rings is 1. The summed E-state index contributed by atoms with van der Waals surface area (Å²) in [6.07, 6.45) is 1.53. The van der Waals surface area contributed by atoms with Crippen molar-refractivity contribution in [3.05, 3.63) is 51.2 Å². The third-order valence-electron chi connectivity index (χ3n) is 4.39. The molecule has 6 nitrogen and oxygen atoms in total. The third kappa shape index (κ3) is 3.91. The van der Waals surface area contributed by atoms with Gasteiger partial charge in [0.2, 0.25) is 0 Å². The van der Waals surface area contributed by atoms with E-state index >= 15 is 0 Å². The summed E-state index contributed by atoms with van der Waals surface area (Å²) in [6, 6.07) is 5.81. The van der Waals surface area contributed by atoms with E-state index < -0.39 is 24.3 Å². The molecule has 27 heavy (non-hydrogen) atoms. The van der Waals surface area contributed by atoms with E-state index in [-0.39, 0.29) is 6.42 Å². The molecule has 0 amide bonds. The molecule has 0 bridgehead atoms. The molecule has 3 rings (SSSR count). The van der Waals surface area contributed by atoms with Crippen LogP contribution >= 0.6 is 11.3 Å². The van der Waals surface area contributed by atoms with Crippen LogP contribution in [0.15, 0.2) is 28.2 Å². The number of aryl methyl sites for hydroxylation is 3. The van der Waals surface area contributed by atoms with Gasteiger partial charge < -0.3 is 9.15 Å². The maximum absolute atomic E-state index is 12.2. The molecular weight excluding hydrogens is 364 g/mol. The fraction of sp³-hybridized carbons (Fsp3) is 0.300. The Hall–Kier alpha value is -2.98. The lowest BCUT2D eigenvalue weighted by atomic mass is 10.0. The smallest absolute Gasteiger partial charge is 0.310 e. The maximum atomic E-state index is 12.2. The van der Waals surface area contributed by atoms with Gasteiger partial charge in [0, 0.05) is 22.0 Å². The van der Waals surface area contributed by atoms with Gasteiger partial charge in [0.1, 0.15) is 10.6 Å². The fourth-order valence-electron chi connectivity index (χ4n) is 2.74. The van der Waals surface area contributed by atoms with Crippen molar-refractivity contribution < 1.29 is 18.7 Å². The average molecular weight is 382 g/mol. The minimum atomic E-state index is -1.02. The Kier molecular flexibility index (Phi) is 5.38. The zero-order valence-electron chi connectivity index (χ0n) is 15.2. The first-order valence-electron chi connectivity index (χ1n) is 8.37. The molecule has 2 aromatic heterocycles. The number of ketones is 1. The number of aromatic nitrogens is 1. The van der Waals surface area contributed by atoms with E-state index in [9.17, 15) is 14.9 Å². The maximum Gasteiger partial charge on any atom is 0.310 e. The molecule has 0 unspecified atom stereocenters. The molecule has 0 aliphatic heterocycles. The van der Waals surface area contributed by atoms with Crippen LogP contribution in [-0.4, -0.2) is 23.3 Å². The molecule has 0 aliphatic rings. The first kappa shape index (κ1) is 18.8. The van der Waals surface area contributed by atoms with Crippen molar-refractivity contribution >= 4 is 34.1 Å². The number of carbonyl (C=O) groups is 2. The van der Waals surface area contributed by atoms with Gasteiger partial charge in [-0.2, -0.15) is 5.26 Å². The van der Waals surface area contributed by atoms with Crippen molar-refractivity contribution in [3.63, 3.8) is 0 Å². The third-order valence-corrected chi connectivity index (χ3v) is 5.41. The molecule has 0 spiro atoms. The van der Waals surface area contributed by atoms with E-state index in [2.05, 4.69) is 4.98 Å². The highest BCUT2D eigenvalue weighted by molar-refractivity contribution is 7.09. The highest BCUT2D eigenvalue weighted by Gasteiger charge is 2.24. The summed E-state index contributed by atoms with van der Waals surface area (Å²) in [5, 5.41) is 12.3. The number of esters is 1. The SMILES string of the molecule is Cc1csc([C@@H](C#N)C(=O)COC(=O)Cc2coc3c(C)c(C)ccc23)n1. The Morgan fingerprint density at radius 2 is 2.11 bits per heavy atom. The van der Waals surface area contributed by atoms with E-state index in [4.69, 9.17) is 9.15 Å². The summed E-state index contributed by atoms with van der Waals surface area (Å²) in [5.41, 5.74) is 4.34. The monoisotopic (exact) mass is 382 g/mol. The Balaban J connectivity index is 1.64. The molecule has 138 valence electrons. The van der Waals surface area contributed by atoms with Crippen LogP contribution in [0.1, 0.15) is 33.3 Å². The number of nitriles is 1. The van der Waals surface area contributed by atoms with Gasteiger partial charge in [0.15, 0.2) is 18.3 Å². The quantitative estimate of drug-likeness (QED) is 0.602. The van der Waals surface area contributed by atoms with Crippen molar-refractivity contribution in [2.24, 2.45) is 0 Å². The Morgan fingerprint density at radius 1 is 1.33 bits per heavy atom. The van der Waals surface area contributed by atoms with Gasteiger partial charge in [0.25, 0.3) is 0 Å². The van der Waals surface area contributed by atoms with Gasteiger partial charge in [-0.3, -0.25) is 9.59 Å². The standard InChI is InChI=1S/C20H18N2O4S/c1-11-4-5-15-14(8-26-19(15)13(11)3)6-18(24)25-9-17(23)16(7-21)20-22-12(2)10-27-20/h4-5,8,10,16H,6,9H2,1-3H3/t16-/m0/s1. The van der Waals surface area contributed by atoms with E-state index in [1.54, 1.807) is 12.3 Å². The predicted octanol–water partition coefficient (Wildman–Crippen LogP) is 3.78. The topological polar surface area (TPSA) is 93.2 Å². The molecule has 0 fully saturated rings. The molecule has 0 N–H and O–H groups in total. The van der Waals surface area contributed by atoms with Gasteiger partial charge >= 0.3 is 5.97 Å². The van der Waals surface area contributed by atoms with Crippen LogP contribution in [0.5, 0.6) is 0 Å². The second-order valence-electron chi connectivity index (χ2n) is 6.34. The summed E-state index contributed by atoms with van der Waals surface area (Å²) in [7, 11) is 0. The van der Waals surface area contributed by atoms with Gasteiger partial charge in [-0.15, -0.1) is 11.3 Å². The molecular formula is C20H18N2O4S. The lowest BCUT2D eigenvalue weighted by molar-refractivity contribution is -0.147. The normalized spacial score (nSPS) is 11.9. The molecule has 1 atom stereocenters. The fourth-order valence-corrected chi connectivity index (χ4v) is 3.60. The van der Waals surface area contributed by atoms with Crippen LogP contribution in [0, 0.1) is 32.1 Å². The zero-order chi connectivity index (χ0) is 19.6. The average Bonchev–Trinajstić information content (AvgIpc) is 3.24. The van der Waals surface area contributed by atoms with E-state index in [0.29, 0.717) is 10.6 Å².